The Morgan fingerprint density at radius 1 is 0.800 bits per heavy atom. The summed E-state index contributed by atoms with van der Waals surface area (Å²) in [5.41, 5.74) is 1.32. The Hall–Kier alpha value is -1.85. The minimum atomic E-state index is -6.00. The number of halogens is 4. The highest BCUT2D eigenvalue weighted by Gasteiger charge is 2.29. The van der Waals surface area contributed by atoms with Crippen LogP contribution in [0.4, 0.5) is 17.3 Å². The van der Waals surface area contributed by atoms with Crippen LogP contribution in [0.2, 0.25) is 0 Å². The van der Waals surface area contributed by atoms with Crippen molar-refractivity contribution in [2.45, 2.75) is 19.4 Å². The van der Waals surface area contributed by atoms with Crippen molar-refractivity contribution in [3.8, 4) is 0 Å². The SMILES string of the molecule is CC(C)(c1ccccc1)[n+]1ccccc1.F[B-](F)(F)F. The molecule has 0 fully saturated rings. The number of pyridine rings is 1. The molecule has 0 bridgehead atoms. The van der Waals surface area contributed by atoms with E-state index >= 15 is 0 Å². The van der Waals surface area contributed by atoms with E-state index in [2.05, 4.69) is 73.3 Å². The summed E-state index contributed by atoms with van der Waals surface area (Å²) in [5, 5.41) is 0. The Balaban J connectivity index is 0.000000347. The lowest BCUT2D eigenvalue weighted by atomic mass is 9.94. The second kappa shape index (κ2) is 6.54. The molecule has 0 radical (unpaired) electrons. The van der Waals surface area contributed by atoms with Crippen molar-refractivity contribution in [3.63, 3.8) is 0 Å². The van der Waals surface area contributed by atoms with Crippen LogP contribution in [0.3, 0.4) is 0 Å². The van der Waals surface area contributed by atoms with E-state index in [1.54, 1.807) is 0 Å². The van der Waals surface area contributed by atoms with E-state index in [1.807, 2.05) is 6.07 Å². The van der Waals surface area contributed by atoms with Crippen molar-refractivity contribution < 1.29 is 21.8 Å². The van der Waals surface area contributed by atoms with Crippen LogP contribution in [0, 0.1) is 0 Å². The maximum atomic E-state index is 9.75. The minimum absolute atomic E-state index is 0.00250. The fourth-order valence-corrected chi connectivity index (χ4v) is 1.77. The van der Waals surface area contributed by atoms with Crippen LogP contribution in [0.5, 0.6) is 0 Å². The maximum Gasteiger partial charge on any atom is 0.673 e. The monoisotopic (exact) mass is 285 g/mol. The molecule has 0 aliphatic heterocycles. The van der Waals surface area contributed by atoms with E-state index < -0.39 is 7.25 Å². The average Bonchev–Trinajstić information content (AvgIpc) is 2.39. The highest BCUT2D eigenvalue weighted by molar-refractivity contribution is 6.50. The van der Waals surface area contributed by atoms with Crippen LogP contribution >= 0.6 is 0 Å². The lowest BCUT2D eigenvalue weighted by Gasteiger charge is -2.19. The molecule has 0 saturated carbocycles. The molecule has 0 N–H and O–H groups in total. The fourth-order valence-electron chi connectivity index (χ4n) is 1.77. The summed E-state index contributed by atoms with van der Waals surface area (Å²) in [6, 6.07) is 16.7. The largest absolute Gasteiger partial charge is 0.673 e. The average molecular weight is 285 g/mol. The van der Waals surface area contributed by atoms with Gasteiger partial charge in [0.15, 0.2) is 17.9 Å². The van der Waals surface area contributed by atoms with Gasteiger partial charge in [-0.15, -0.1) is 0 Å². The zero-order valence-electron chi connectivity index (χ0n) is 11.3. The minimum Gasteiger partial charge on any atom is -0.418 e. The topological polar surface area (TPSA) is 3.88 Å². The first-order valence-electron chi connectivity index (χ1n) is 6.11. The van der Waals surface area contributed by atoms with E-state index in [1.165, 1.54) is 5.56 Å². The van der Waals surface area contributed by atoms with Crippen LogP contribution in [0.15, 0.2) is 60.9 Å². The first kappa shape index (κ1) is 16.2. The van der Waals surface area contributed by atoms with E-state index in [-0.39, 0.29) is 5.54 Å². The van der Waals surface area contributed by atoms with Crippen molar-refractivity contribution in [2.24, 2.45) is 0 Å². The van der Waals surface area contributed by atoms with Crippen LogP contribution in [-0.2, 0) is 5.54 Å². The lowest BCUT2D eigenvalue weighted by Crippen LogP contribution is -2.52. The first-order chi connectivity index (χ1) is 9.21. The number of hydrogen-bond donors (Lipinski definition) is 0. The Kier molecular flexibility index (Phi) is 5.30. The summed E-state index contributed by atoms with van der Waals surface area (Å²) in [6.45, 7) is 4.45. The van der Waals surface area contributed by atoms with Gasteiger partial charge in [-0.05, 0) is 0 Å². The zero-order chi connectivity index (χ0) is 15.2. The molecule has 6 heteroatoms. The Morgan fingerprint density at radius 2 is 1.20 bits per heavy atom. The summed E-state index contributed by atoms with van der Waals surface area (Å²) < 4.78 is 41.2. The van der Waals surface area contributed by atoms with Gasteiger partial charge in [0.25, 0.3) is 0 Å². The van der Waals surface area contributed by atoms with Crippen molar-refractivity contribution in [1.29, 1.82) is 0 Å². The van der Waals surface area contributed by atoms with Gasteiger partial charge in [-0.3, -0.25) is 0 Å². The summed E-state index contributed by atoms with van der Waals surface area (Å²) >= 11 is 0. The molecule has 0 amide bonds. The Bertz CT molecular complexity index is 464. The molecule has 1 nitrogen and oxygen atoms in total. The normalized spacial score (nSPS) is 11.5. The number of aromatic nitrogens is 1. The van der Waals surface area contributed by atoms with Crippen molar-refractivity contribution >= 4 is 7.25 Å². The lowest BCUT2D eigenvalue weighted by molar-refractivity contribution is -0.747. The smallest absolute Gasteiger partial charge is 0.418 e. The third-order valence-electron chi connectivity index (χ3n) is 2.84. The van der Waals surface area contributed by atoms with Crippen molar-refractivity contribution in [2.75, 3.05) is 0 Å². The molecule has 0 aliphatic carbocycles. The molecule has 2 rings (SSSR count). The van der Waals surface area contributed by atoms with Crippen LogP contribution < -0.4 is 4.57 Å². The number of nitrogens with zero attached hydrogens (tertiary/aromatic N) is 1. The molecule has 0 atom stereocenters. The molecule has 0 aliphatic rings. The molecule has 1 aromatic heterocycles. The molecular formula is C14H16BF4N. The molecule has 108 valence electrons. The Morgan fingerprint density at radius 3 is 1.65 bits per heavy atom. The van der Waals surface area contributed by atoms with Crippen LogP contribution in [0.1, 0.15) is 19.4 Å². The molecule has 2 aromatic rings. The van der Waals surface area contributed by atoms with Gasteiger partial charge in [-0.2, -0.15) is 4.57 Å². The molecule has 0 saturated heterocycles. The van der Waals surface area contributed by atoms with Gasteiger partial charge in [0, 0.05) is 31.5 Å². The van der Waals surface area contributed by atoms with E-state index in [0.29, 0.717) is 0 Å². The zero-order valence-corrected chi connectivity index (χ0v) is 11.3. The third kappa shape index (κ3) is 5.42. The van der Waals surface area contributed by atoms with Crippen molar-refractivity contribution in [1.82, 2.24) is 0 Å². The van der Waals surface area contributed by atoms with Crippen LogP contribution in [-0.4, -0.2) is 7.25 Å². The van der Waals surface area contributed by atoms with Gasteiger partial charge >= 0.3 is 7.25 Å². The first-order valence-corrected chi connectivity index (χ1v) is 6.11. The summed E-state index contributed by atoms with van der Waals surface area (Å²) in [4.78, 5) is 0. The highest BCUT2D eigenvalue weighted by atomic mass is 19.5. The summed E-state index contributed by atoms with van der Waals surface area (Å²) in [7, 11) is -6.00. The van der Waals surface area contributed by atoms with Gasteiger partial charge < -0.3 is 17.3 Å². The second-order valence-electron chi connectivity index (χ2n) is 4.70. The quantitative estimate of drug-likeness (QED) is 0.445. The van der Waals surface area contributed by atoms with E-state index in [0.717, 1.165) is 0 Å². The predicted octanol–water partition coefficient (Wildman–Crippen LogP) is 4.06. The molecule has 0 spiro atoms. The highest BCUT2D eigenvalue weighted by Crippen LogP contribution is 2.18. The molecule has 20 heavy (non-hydrogen) atoms. The standard InChI is InChI=1S/C14H16N.BF4/c1-14(2,13-9-5-3-6-10-13)15-11-7-4-8-12-15;2-1(3,4)5/h3-12H,1-2H3;/q+1;-1. The van der Waals surface area contributed by atoms with Gasteiger partial charge in [-0.1, -0.05) is 36.4 Å². The van der Waals surface area contributed by atoms with Gasteiger partial charge in [0.2, 0.25) is 0 Å². The number of rotatable bonds is 2. The Labute approximate surface area is 116 Å². The van der Waals surface area contributed by atoms with Gasteiger partial charge in [0.1, 0.15) is 0 Å². The predicted molar refractivity (Wildman–Crippen MR) is 71.7 cm³/mol. The maximum absolute atomic E-state index is 9.75. The third-order valence-corrected chi connectivity index (χ3v) is 2.84. The fraction of sp³-hybridized carbons (Fsp3) is 0.214. The summed E-state index contributed by atoms with van der Waals surface area (Å²) in [6.07, 6.45) is 4.21. The summed E-state index contributed by atoms with van der Waals surface area (Å²) in [5.74, 6) is 0. The molecule has 1 aromatic carbocycles. The van der Waals surface area contributed by atoms with E-state index in [9.17, 15) is 17.3 Å². The van der Waals surface area contributed by atoms with Gasteiger partial charge in [0.05, 0.1) is 0 Å². The molecule has 0 unspecified atom stereocenters. The number of hydrogen-bond acceptors (Lipinski definition) is 0. The number of benzene rings is 1. The van der Waals surface area contributed by atoms with Gasteiger partial charge in [-0.25, -0.2) is 0 Å². The van der Waals surface area contributed by atoms with Crippen molar-refractivity contribution in [3.05, 3.63) is 66.5 Å². The second-order valence-corrected chi connectivity index (χ2v) is 4.70. The molecule has 1 heterocycles. The van der Waals surface area contributed by atoms with E-state index in [4.69, 9.17) is 0 Å². The molecular weight excluding hydrogens is 269 g/mol. The van der Waals surface area contributed by atoms with Crippen LogP contribution in [0.25, 0.3) is 0 Å².